The molecule has 138 valence electrons. The van der Waals surface area contributed by atoms with Crippen LogP contribution in [0.1, 0.15) is 43.2 Å². The monoisotopic (exact) mass is 366 g/mol. The molecule has 1 N–H and O–H groups in total. The molecular weight excluding hydrogens is 349 g/mol. The third-order valence-electron chi connectivity index (χ3n) is 3.95. The van der Waals surface area contributed by atoms with Crippen molar-refractivity contribution in [1.29, 1.82) is 0 Å². The molecule has 0 saturated carbocycles. The fraction of sp³-hybridized carbons (Fsp3) is 0.278. The molecule has 0 fully saturated rings. The lowest BCUT2D eigenvalue weighted by atomic mass is 10.0. The number of benzene rings is 1. The average Bonchev–Trinajstić information content (AvgIpc) is 2.56. The number of nitrogens with one attached hydrogen (secondary N) is 1. The normalized spacial score (nSPS) is 11.2. The molecule has 0 radical (unpaired) electrons. The van der Waals surface area contributed by atoms with Gasteiger partial charge < -0.3 is 10.1 Å². The van der Waals surface area contributed by atoms with Crippen molar-refractivity contribution in [3.8, 4) is 0 Å². The van der Waals surface area contributed by atoms with Crippen molar-refractivity contribution >= 4 is 17.6 Å². The highest BCUT2D eigenvalue weighted by atomic mass is 19.4. The number of nitrogens with zero attached hydrogens (tertiary/aromatic N) is 1. The van der Waals surface area contributed by atoms with Gasteiger partial charge >= 0.3 is 12.1 Å². The number of pyridine rings is 1. The Bertz CT molecular complexity index is 877. The van der Waals surface area contributed by atoms with Crippen molar-refractivity contribution in [3.63, 3.8) is 0 Å². The summed E-state index contributed by atoms with van der Waals surface area (Å²) in [7, 11) is 1.25. The highest BCUT2D eigenvalue weighted by Crippen LogP contribution is 2.28. The Kier molecular flexibility index (Phi) is 5.34. The molecule has 1 heterocycles. The molecule has 26 heavy (non-hydrogen) atoms. The molecule has 8 heteroatoms. The van der Waals surface area contributed by atoms with Gasteiger partial charge in [0, 0.05) is 5.69 Å². The van der Waals surface area contributed by atoms with Crippen LogP contribution < -0.4 is 5.32 Å². The lowest BCUT2D eigenvalue weighted by molar-refractivity contribution is -0.141. The van der Waals surface area contributed by atoms with Crippen LogP contribution in [0.25, 0.3) is 0 Å². The number of ether oxygens (including phenoxy) is 1. The largest absolute Gasteiger partial charge is 0.465 e. The summed E-state index contributed by atoms with van der Waals surface area (Å²) in [6.07, 6.45) is -4.58. The van der Waals surface area contributed by atoms with Gasteiger partial charge in [0.1, 0.15) is 5.69 Å². The van der Waals surface area contributed by atoms with Crippen LogP contribution in [0.3, 0.4) is 0 Å². The van der Waals surface area contributed by atoms with Gasteiger partial charge in [0.2, 0.25) is 0 Å². The van der Waals surface area contributed by atoms with Gasteiger partial charge in [-0.3, -0.25) is 4.79 Å². The quantitative estimate of drug-likeness (QED) is 0.832. The van der Waals surface area contributed by atoms with Gasteiger partial charge in [0.25, 0.3) is 5.91 Å². The van der Waals surface area contributed by atoms with Crippen molar-refractivity contribution < 1.29 is 27.5 Å². The van der Waals surface area contributed by atoms with Gasteiger partial charge in [-0.2, -0.15) is 13.2 Å². The van der Waals surface area contributed by atoms with Crippen LogP contribution in [0.5, 0.6) is 0 Å². The van der Waals surface area contributed by atoms with Crippen molar-refractivity contribution in [2.45, 2.75) is 26.9 Å². The highest BCUT2D eigenvalue weighted by Gasteiger charge is 2.33. The van der Waals surface area contributed by atoms with E-state index in [1.54, 1.807) is 19.9 Å². The molecule has 1 aromatic carbocycles. The Morgan fingerprint density at radius 1 is 1.08 bits per heavy atom. The maximum atomic E-state index is 12.7. The number of carbonyl (C=O) groups excluding carboxylic acids is 2. The summed E-state index contributed by atoms with van der Waals surface area (Å²) < 4.78 is 42.7. The Balaban J connectivity index is 2.33. The summed E-state index contributed by atoms with van der Waals surface area (Å²) in [6.45, 7) is 4.84. The number of esters is 1. The van der Waals surface area contributed by atoms with Crippen LogP contribution in [-0.2, 0) is 10.9 Å². The first kappa shape index (κ1) is 19.4. The van der Waals surface area contributed by atoms with E-state index in [1.807, 2.05) is 0 Å². The number of anilines is 1. The molecule has 0 spiro atoms. The Morgan fingerprint density at radius 3 is 2.27 bits per heavy atom. The van der Waals surface area contributed by atoms with E-state index in [-0.39, 0.29) is 11.3 Å². The van der Waals surface area contributed by atoms with Crippen molar-refractivity contribution in [2.24, 2.45) is 0 Å². The van der Waals surface area contributed by atoms with E-state index in [9.17, 15) is 22.8 Å². The van der Waals surface area contributed by atoms with Crippen LogP contribution in [-0.4, -0.2) is 24.0 Å². The van der Waals surface area contributed by atoms with Gasteiger partial charge in [-0.1, -0.05) is 0 Å². The number of alkyl halides is 3. The molecule has 2 aromatic rings. The van der Waals surface area contributed by atoms with Gasteiger partial charge in [-0.05, 0) is 56.2 Å². The minimum Gasteiger partial charge on any atom is -0.465 e. The fourth-order valence-electron chi connectivity index (χ4n) is 2.41. The molecule has 0 bridgehead atoms. The molecule has 0 aliphatic heterocycles. The molecule has 0 aliphatic carbocycles. The average molecular weight is 366 g/mol. The number of hydrogen-bond acceptors (Lipinski definition) is 4. The van der Waals surface area contributed by atoms with Gasteiger partial charge in [0.15, 0.2) is 0 Å². The summed E-state index contributed by atoms with van der Waals surface area (Å²) in [6, 6.07) is 4.94. The maximum absolute atomic E-state index is 12.7. The fourth-order valence-corrected chi connectivity index (χ4v) is 2.41. The van der Waals surface area contributed by atoms with Gasteiger partial charge in [-0.25, -0.2) is 9.78 Å². The van der Waals surface area contributed by atoms with Gasteiger partial charge in [-0.15, -0.1) is 0 Å². The summed E-state index contributed by atoms with van der Waals surface area (Å²) in [4.78, 5) is 27.7. The topological polar surface area (TPSA) is 68.3 Å². The van der Waals surface area contributed by atoms with E-state index in [0.717, 1.165) is 17.7 Å². The van der Waals surface area contributed by atoms with Crippen LogP contribution >= 0.6 is 0 Å². The van der Waals surface area contributed by atoms with Crippen LogP contribution in [0.4, 0.5) is 18.9 Å². The minimum absolute atomic E-state index is 0.0100. The molecule has 2 rings (SSSR count). The molecule has 1 aromatic heterocycles. The number of hydrogen-bond donors (Lipinski definition) is 1. The van der Waals surface area contributed by atoms with E-state index in [1.165, 1.54) is 20.1 Å². The highest BCUT2D eigenvalue weighted by molar-refractivity contribution is 6.05. The third kappa shape index (κ3) is 4.01. The van der Waals surface area contributed by atoms with E-state index in [2.05, 4.69) is 10.3 Å². The molecule has 5 nitrogen and oxygen atoms in total. The van der Waals surface area contributed by atoms with Crippen molar-refractivity contribution in [2.75, 3.05) is 12.4 Å². The van der Waals surface area contributed by atoms with Crippen molar-refractivity contribution in [3.05, 3.63) is 57.9 Å². The molecule has 1 amide bonds. The zero-order valence-corrected chi connectivity index (χ0v) is 14.6. The summed E-state index contributed by atoms with van der Waals surface area (Å²) >= 11 is 0. The maximum Gasteiger partial charge on any atom is 0.433 e. The zero-order valence-electron chi connectivity index (χ0n) is 14.6. The lowest BCUT2D eigenvalue weighted by Gasteiger charge is -2.13. The lowest BCUT2D eigenvalue weighted by Crippen LogP contribution is -2.17. The predicted molar refractivity (Wildman–Crippen MR) is 89.2 cm³/mol. The number of aryl methyl sites for hydroxylation is 2. The Hall–Kier alpha value is -2.90. The number of aromatic nitrogens is 1. The standard InChI is InChI=1S/C18H17F3N2O3/c1-9-7-12(8-14(10(9)2)17(25)26-4)23-16(24)13-5-6-15(18(19,20)21)22-11(13)3/h5-8H,1-4H3,(H,23,24). The summed E-state index contributed by atoms with van der Waals surface area (Å²) in [5, 5.41) is 2.58. The molecule has 0 aliphatic rings. The third-order valence-corrected chi connectivity index (χ3v) is 3.95. The second kappa shape index (κ2) is 7.15. The van der Waals surface area contributed by atoms with E-state index in [0.29, 0.717) is 16.8 Å². The first-order chi connectivity index (χ1) is 12.0. The SMILES string of the molecule is COC(=O)c1cc(NC(=O)c2ccc(C(F)(F)F)nc2C)cc(C)c1C. The molecule has 0 atom stereocenters. The van der Waals surface area contributed by atoms with Crippen LogP contribution in [0.15, 0.2) is 24.3 Å². The minimum atomic E-state index is -4.58. The summed E-state index contributed by atoms with van der Waals surface area (Å²) in [5.74, 6) is -1.17. The smallest absolute Gasteiger partial charge is 0.433 e. The molecule has 0 unspecified atom stereocenters. The predicted octanol–water partition coefficient (Wildman–Crippen LogP) is 4.06. The Labute approximate surface area is 148 Å². The second-order valence-corrected chi connectivity index (χ2v) is 5.74. The summed E-state index contributed by atoms with van der Waals surface area (Å²) in [5.41, 5.74) is 0.992. The number of rotatable bonds is 3. The molecule has 0 saturated heterocycles. The van der Waals surface area contributed by atoms with Crippen molar-refractivity contribution in [1.82, 2.24) is 4.98 Å². The number of amides is 1. The first-order valence-corrected chi connectivity index (χ1v) is 7.60. The number of methoxy groups -OCH3 is 1. The van der Waals surface area contributed by atoms with E-state index >= 15 is 0 Å². The Morgan fingerprint density at radius 2 is 1.73 bits per heavy atom. The van der Waals surface area contributed by atoms with E-state index in [4.69, 9.17) is 4.74 Å². The number of carbonyl (C=O) groups is 2. The second-order valence-electron chi connectivity index (χ2n) is 5.74. The zero-order chi connectivity index (χ0) is 19.6. The first-order valence-electron chi connectivity index (χ1n) is 7.60. The van der Waals surface area contributed by atoms with Gasteiger partial charge in [0.05, 0.1) is 23.9 Å². The van der Waals surface area contributed by atoms with Crippen LogP contribution in [0, 0.1) is 20.8 Å². The number of halogens is 3. The van der Waals surface area contributed by atoms with Crippen LogP contribution in [0.2, 0.25) is 0 Å². The van der Waals surface area contributed by atoms with E-state index < -0.39 is 23.7 Å². The molecular formula is C18H17F3N2O3.